The first-order valence-electron chi connectivity index (χ1n) is 7.57. The Morgan fingerprint density at radius 3 is 2.26 bits per heavy atom. The fraction of sp³-hybridized carbons (Fsp3) is 0.500. The van der Waals surface area contributed by atoms with Crippen molar-refractivity contribution < 1.29 is 9.59 Å². The second-order valence-electron chi connectivity index (χ2n) is 5.37. The van der Waals surface area contributed by atoms with Gasteiger partial charge in [-0.2, -0.15) is 0 Å². The Balaban J connectivity index is 2.79. The van der Waals surface area contributed by atoms with Crippen LogP contribution in [0.1, 0.15) is 32.3 Å². The summed E-state index contributed by atoms with van der Waals surface area (Å²) < 4.78 is 0. The molecule has 0 radical (unpaired) electrons. The van der Waals surface area contributed by atoms with E-state index in [0.29, 0.717) is 16.6 Å². The molecule has 128 valence electrons. The summed E-state index contributed by atoms with van der Waals surface area (Å²) in [5.74, 6) is -0.611. The summed E-state index contributed by atoms with van der Waals surface area (Å²) in [6, 6.07) is 5.55. The number of halogens is 2. The zero-order chi connectivity index (χ0) is 17.5. The van der Waals surface area contributed by atoms with Crippen LogP contribution in [0.5, 0.6) is 0 Å². The second kappa shape index (κ2) is 9.11. The molecule has 0 saturated carbocycles. The molecular weight excluding hydrogens is 337 g/mol. The van der Waals surface area contributed by atoms with Crippen LogP contribution in [0.2, 0.25) is 10.0 Å². The van der Waals surface area contributed by atoms with Gasteiger partial charge in [0.1, 0.15) is 0 Å². The first-order valence-corrected chi connectivity index (χ1v) is 8.33. The highest BCUT2D eigenvalue weighted by Crippen LogP contribution is 2.34. The lowest BCUT2D eigenvalue weighted by molar-refractivity contribution is -0.125. The summed E-state index contributed by atoms with van der Waals surface area (Å²) >= 11 is 12.1. The minimum atomic E-state index is -0.359. The van der Waals surface area contributed by atoms with Gasteiger partial charge in [0.2, 0.25) is 11.8 Å². The predicted molar refractivity (Wildman–Crippen MR) is 93.8 cm³/mol. The van der Waals surface area contributed by atoms with Crippen molar-refractivity contribution in [3.63, 3.8) is 0 Å². The quantitative estimate of drug-likeness (QED) is 0.665. The van der Waals surface area contributed by atoms with Crippen molar-refractivity contribution in [2.75, 3.05) is 19.6 Å². The Bertz CT molecular complexity index is 560. The monoisotopic (exact) mass is 359 g/mol. The Kier molecular flexibility index (Phi) is 7.82. The maximum absolute atomic E-state index is 11.9. The third kappa shape index (κ3) is 5.37. The fourth-order valence-electron chi connectivity index (χ4n) is 2.42. The van der Waals surface area contributed by atoms with E-state index in [1.54, 1.807) is 6.07 Å². The Labute approximate surface area is 146 Å². The van der Waals surface area contributed by atoms with E-state index >= 15 is 0 Å². The smallest absolute Gasteiger partial charge is 0.239 e. The zero-order valence-corrected chi connectivity index (χ0v) is 14.9. The van der Waals surface area contributed by atoms with Crippen molar-refractivity contribution in [2.24, 2.45) is 5.73 Å². The van der Waals surface area contributed by atoms with E-state index in [-0.39, 0.29) is 30.3 Å². The summed E-state index contributed by atoms with van der Waals surface area (Å²) in [5, 5.41) is 6.31. The first kappa shape index (κ1) is 19.7. The van der Waals surface area contributed by atoms with Crippen LogP contribution in [-0.2, 0) is 15.0 Å². The van der Waals surface area contributed by atoms with Crippen LogP contribution in [-0.4, -0.2) is 31.4 Å². The van der Waals surface area contributed by atoms with Crippen LogP contribution in [0, 0.1) is 0 Å². The van der Waals surface area contributed by atoms with E-state index in [1.165, 1.54) is 0 Å². The highest BCUT2D eigenvalue weighted by atomic mass is 35.5. The SMILES string of the molecule is CCC(CC)(CNC(=O)CNC(=O)CN)c1ccc(Cl)c(Cl)c1. The van der Waals surface area contributed by atoms with E-state index in [9.17, 15) is 9.59 Å². The lowest BCUT2D eigenvalue weighted by Crippen LogP contribution is -2.45. The van der Waals surface area contributed by atoms with Gasteiger partial charge >= 0.3 is 0 Å². The van der Waals surface area contributed by atoms with Gasteiger partial charge in [0.15, 0.2) is 0 Å². The van der Waals surface area contributed by atoms with E-state index in [4.69, 9.17) is 28.9 Å². The van der Waals surface area contributed by atoms with Crippen molar-refractivity contribution in [1.82, 2.24) is 10.6 Å². The van der Waals surface area contributed by atoms with Crippen LogP contribution in [0.25, 0.3) is 0 Å². The fourth-order valence-corrected chi connectivity index (χ4v) is 2.72. The van der Waals surface area contributed by atoms with Gasteiger partial charge in [-0.3, -0.25) is 9.59 Å². The topological polar surface area (TPSA) is 84.2 Å². The molecule has 0 aliphatic carbocycles. The lowest BCUT2D eigenvalue weighted by Gasteiger charge is -2.33. The van der Waals surface area contributed by atoms with Crippen LogP contribution < -0.4 is 16.4 Å². The molecule has 7 heteroatoms. The van der Waals surface area contributed by atoms with Gasteiger partial charge in [-0.05, 0) is 30.5 Å². The highest BCUT2D eigenvalue weighted by Gasteiger charge is 2.29. The van der Waals surface area contributed by atoms with Crippen molar-refractivity contribution in [3.8, 4) is 0 Å². The summed E-state index contributed by atoms with van der Waals surface area (Å²) in [5.41, 5.74) is 5.98. The zero-order valence-electron chi connectivity index (χ0n) is 13.4. The number of carbonyl (C=O) groups is 2. The minimum absolute atomic E-state index is 0.0824. The molecule has 0 spiro atoms. The molecule has 0 atom stereocenters. The van der Waals surface area contributed by atoms with Crippen molar-refractivity contribution >= 4 is 35.0 Å². The standard InChI is InChI=1S/C16H23Cl2N3O2/c1-3-16(4-2,11-5-6-12(17)13(18)7-11)10-21-15(23)9-20-14(22)8-19/h5-7H,3-4,8-10,19H2,1-2H3,(H,20,22)(H,21,23). The number of carbonyl (C=O) groups excluding carboxylic acids is 2. The maximum atomic E-state index is 11.9. The van der Waals surface area contributed by atoms with Crippen molar-refractivity contribution in [1.29, 1.82) is 0 Å². The number of hydrogen-bond acceptors (Lipinski definition) is 3. The average molecular weight is 360 g/mol. The van der Waals surface area contributed by atoms with Crippen LogP contribution >= 0.6 is 23.2 Å². The number of benzene rings is 1. The molecule has 2 amide bonds. The lowest BCUT2D eigenvalue weighted by atomic mass is 9.76. The second-order valence-corrected chi connectivity index (χ2v) is 6.19. The molecule has 0 aromatic heterocycles. The molecule has 0 saturated heterocycles. The number of amides is 2. The molecule has 23 heavy (non-hydrogen) atoms. The first-order chi connectivity index (χ1) is 10.9. The number of nitrogens with one attached hydrogen (secondary N) is 2. The third-order valence-electron chi connectivity index (χ3n) is 4.14. The number of nitrogens with two attached hydrogens (primary N) is 1. The average Bonchev–Trinajstić information content (AvgIpc) is 2.56. The van der Waals surface area contributed by atoms with Gasteiger partial charge in [0, 0.05) is 12.0 Å². The number of hydrogen-bond donors (Lipinski definition) is 3. The molecule has 1 aromatic carbocycles. The molecule has 5 nitrogen and oxygen atoms in total. The molecule has 0 heterocycles. The van der Waals surface area contributed by atoms with Gasteiger partial charge in [-0.25, -0.2) is 0 Å². The maximum Gasteiger partial charge on any atom is 0.239 e. The van der Waals surface area contributed by atoms with Crippen molar-refractivity contribution in [2.45, 2.75) is 32.1 Å². The van der Waals surface area contributed by atoms with Crippen LogP contribution in [0.4, 0.5) is 0 Å². The van der Waals surface area contributed by atoms with E-state index in [1.807, 2.05) is 12.1 Å². The third-order valence-corrected chi connectivity index (χ3v) is 4.88. The predicted octanol–water partition coefficient (Wildman–Crippen LogP) is 2.24. The van der Waals surface area contributed by atoms with Gasteiger partial charge < -0.3 is 16.4 Å². The summed E-state index contributed by atoms with van der Waals surface area (Å²) in [6.07, 6.45) is 1.66. The van der Waals surface area contributed by atoms with Crippen LogP contribution in [0.15, 0.2) is 18.2 Å². The van der Waals surface area contributed by atoms with Crippen molar-refractivity contribution in [3.05, 3.63) is 33.8 Å². The molecule has 4 N–H and O–H groups in total. The van der Waals surface area contributed by atoms with Crippen LogP contribution in [0.3, 0.4) is 0 Å². The molecule has 0 aliphatic rings. The summed E-state index contributed by atoms with van der Waals surface area (Å²) in [6.45, 7) is 4.36. The van der Waals surface area contributed by atoms with E-state index < -0.39 is 0 Å². The molecule has 1 rings (SSSR count). The molecule has 1 aromatic rings. The summed E-state index contributed by atoms with van der Waals surface area (Å²) in [7, 11) is 0. The molecule has 0 unspecified atom stereocenters. The van der Waals surface area contributed by atoms with E-state index in [0.717, 1.165) is 18.4 Å². The Morgan fingerprint density at radius 2 is 1.74 bits per heavy atom. The van der Waals surface area contributed by atoms with Gasteiger partial charge in [-0.15, -0.1) is 0 Å². The van der Waals surface area contributed by atoms with Gasteiger partial charge in [0.25, 0.3) is 0 Å². The Morgan fingerprint density at radius 1 is 1.09 bits per heavy atom. The molecule has 0 bridgehead atoms. The minimum Gasteiger partial charge on any atom is -0.354 e. The normalized spacial score (nSPS) is 11.2. The summed E-state index contributed by atoms with van der Waals surface area (Å²) in [4.78, 5) is 23.0. The highest BCUT2D eigenvalue weighted by molar-refractivity contribution is 6.42. The van der Waals surface area contributed by atoms with Gasteiger partial charge in [-0.1, -0.05) is 43.1 Å². The molecule has 0 aliphatic heterocycles. The molecule has 0 fully saturated rings. The van der Waals surface area contributed by atoms with Gasteiger partial charge in [0.05, 0.1) is 23.1 Å². The largest absolute Gasteiger partial charge is 0.354 e. The molecular formula is C16H23Cl2N3O2. The Hall–Kier alpha value is -1.30. The number of rotatable bonds is 8. The van der Waals surface area contributed by atoms with E-state index in [2.05, 4.69) is 24.5 Å².